The van der Waals surface area contributed by atoms with Gasteiger partial charge in [-0.2, -0.15) is 0 Å². The van der Waals surface area contributed by atoms with E-state index < -0.39 is 0 Å². The highest BCUT2D eigenvalue weighted by Gasteiger charge is 2.12. The van der Waals surface area contributed by atoms with Gasteiger partial charge in [0.25, 0.3) is 0 Å². The molecular formula is C24H23N5O. The first-order valence-electron chi connectivity index (χ1n) is 9.84. The van der Waals surface area contributed by atoms with Crippen LogP contribution in [0.15, 0.2) is 65.9 Å². The molecule has 2 heterocycles. The number of fused-ring (bicyclic) bond motifs is 1. The number of hydrogen-bond acceptors (Lipinski definition) is 6. The number of aromatic nitrogens is 3. The summed E-state index contributed by atoms with van der Waals surface area (Å²) in [5.41, 5.74) is 4.64. The fourth-order valence-electron chi connectivity index (χ4n) is 3.11. The summed E-state index contributed by atoms with van der Waals surface area (Å²) in [6.45, 7) is 4.12. The zero-order valence-electron chi connectivity index (χ0n) is 17.3. The summed E-state index contributed by atoms with van der Waals surface area (Å²) in [7, 11) is 1.65. The summed E-state index contributed by atoms with van der Waals surface area (Å²) in [6, 6.07) is 15.7. The number of aliphatic imine (C=N–C) groups is 1. The number of nitrogens with one attached hydrogen (secondary N) is 1. The van der Waals surface area contributed by atoms with Crippen LogP contribution >= 0.6 is 0 Å². The Labute approximate surface area is 175 Å². The van der Waals surface area contributed by atoms with Crippen LogP contribution < -0.4 is 10.1 Å². The first-order valence-corrected chi connectivity index (χ1v) is 9.84. The average molecular weight is 397 g/mol. The highest BCUT2D eigenvalue weighted by Crippen LogP contribution is 2.31. The van der Waals surface area contributed by atoms with E-state index in [4.69, 9.17) is 14.7 Å². The molecule has 150 valence electrons. The molecule has 0 saturated heterocycles. The van der Waals surface area contributed by atoms with Gasteiger partial charge >= 0.3 is 0 Å². The first-order chi connectivity index (χ1) is 14.7. The second-order valence-electron chi connectivity index (χ2n) is 6.87. The number of pyridine rings is 1. The van der Waals surface area contributed by atoms with Gasteiger partial charge in [-0.15, -0.1) is 0 Å². The quantitative estimate of drug-likeness (QED) is 0.412. The Kier molecular flexibility index (Phi) is 5.66. The molecule has 0 amide bonds. The van der Waals surface area contributed by atoms with Crippen molar-refractivity contribution in [3.63, 3.8) is 0 Å². The molecule has 30 heavy (non-hydrogen) atoms. The molecule has 2 aromatic carbocycles. The minimum atomic E-state index is 0.611. The summed E-state index contributed by atoms with van der Waals surface area (Å²) in [5, 5.41) is 4.33. The van der Waals surface area contributed by atoms with E-state index in [1.54, 1.807) is 19.5 Å². The highest BCUT2D eigenvalue weighted by atomic mass is 16.5. The maximum Gasteiger partial charge on any atom is 0.163 e. The lowest BCUT2D eigenvalue weighted by Crippen LogP contribution is -2.00. The molecule has 0 aliphatic carbocycles. The van der Waals surface area contributed by atoms with Crippen LogP contribution in [0.3, 0.4) is 0 Å². The van der Waals surface area contributed by atoms with E-state index in [-0.39, 0.29) is 0 Å². The van der Waals surface area contributed by atoms with E-state index >= 15 is 0 Å². The Morgan fingerprint density at radius 3 is 2.77 bits per heavy atom. The zero-order chi connectivity index (χ0) is 20.9. The van der Waals surface area contributed by atoms with E-state index in [1.165, 1.54) is 0 Å². The molecule has 6 nitrogen and oxygen atoms in total. The van der Waals surface area contributed by atoms with Gasteiger partial charge in [0.1, 0.15) is 11.6 Å². The Balaban J connectivity index is 1.83. The van der Waals surface area contributed by atoms with Gasteiger partial charge in [0, 0.05) is 35.2 Å². The predicted molar refractivity (Wildman–Crippen MR) is 122 cm³/mol. The van der Waals surface area contributed by atoms with Gasteiger partial charge in [0.05, 0.1) is 18.3 Å². The third-order valence-electron chi connectivity index (χ3n) is 4.71. The van der Waals surface area contributed by atoms with E-state index in [0.29, 0.717) is 11.6 Å². The summed E-state index contributed by atoms with van der Waals surface area (Å²) < 4.78 is 5.41. The fourth-order valence-corrected chi connectivity index (χ4v) is 3.11. The van der Waals surface area contributed by atoms with Gasteiger partial charge in [-0.3, -0.25) is 9.98 Å². The number of methoxy groups -OCH3 is 1. The van der Waals surface area contributed by atoms with E-state index in [2.05, 4.69) is 35.2 Å². The van der Waals surface area contributed by atoms with Crippen molar-refractivity contribution in [3.8, 4) is 17.1 Å². The number of hydrogen-bond donors (Lipinski definition) is 1. The van der Waals surface area contributed by atoms with Crippen LogP contribution in [0.25, 0.3) is 22.3 Å². The lowest BCUT2D eigenvalue weighted by atomic mass is 10.1. The normalized spacial score (nSPS) is 11.2. The smallest absolute Gasteiger partial charge is 0.163 e. The fraction of sp³-hybridized carbons (Fsp3) is 0.167. The van der Waals surface area contributed by atoms with Gasteiger partial charge in [-0.1, -0.05) is 13.0 Å². The summed E-state index contributed by atoms with van der Waals surface area (Å²) in [6.07, 6.45) is 6.30. The molecule has 0 fully saturated rings. The molecule has 0 aliphatic rings. The van der Waals surface area contributed by atoms with Crippen LogP contribution in [0.5, 0.6) is 5.75 Å². The molecule has 0 unspecified atom stereocenters. The molecule has 0 radical (unpaired) electrons. The van der Waals surface area contributed by atoms with Gasteiger partial charge in [-0.05, 0) is 61.4 Å². The van der Waals surface area contributed by atoms with Crippen LogP contribution in [-0.4, -0.2) is 28.3 Å². The van der Waals surface area contributed by atoms with Crippen molar-refractivity contribution in [3.05, 3.63) is 66.5 Å². The summed E-state index contributed by atoms with van der Waals surface area (Å²) in [4.78, 5) is 18.3. The van der Waals surface area contributed by atoms with Crippen molar-refractivity contribution in [2.24, 2.45) is 4.99 Å². The maximum absolute atomic E-state index is 5.41. The average Bonchev–Trinajstić information content (AvgIpc) is 2.79. The number of anilines is 2. The largest absolute Gasteiger partial charge is 0.497 e. The molecule has 0 bridgehead atoms. The third kappa shape index (κ3) is 4.12. The predicted octanol–water partition coefficient (Wildman–Crippen LogP) is 5.86. The summed E-state index contributed by atoms with van der Waals surface area (Å²) in [5.74, 6) is 2.06. The molecule has 0 aliphatic heterocycles. The molecule has 4 aromatic rings. The Morgan fingerprint density at radius 1 is 1.10 bits per heavy atom. The van der Waals surface area contributed by atoms with Crippen molar-refractivity contribution in [1.29, 1.82) is 0 Å². The number of nitrogens with zero attached hydrogens (tertiary/aromatic N) is 4. The van der Waals surface area contributed by atoms with Gasteiger partial charge < -0.3 is 10.1 Å². The number of rotatable bonds is 6. The van der Waals surface area contributed by atoms with Crippen molar-refractivity contribution in [1.82, 2.24) is 15.0 Å². The maximum atomic E-state index is 5.41. The van der Waals surface area contributed by atoms with E-state index in [1.807, 2.05) is 48.7 Å². The molecule has 0 atom stereocenters. The van der Waals surface area contributed by atoms with Crippen molar-refractivity contribution < 1.29 is 4.74 Å². The minimum absolute atomic E-state index is 0.611. The number of benzene rings is 2. The third-order valence-corrected chi connectivity index (χ3v) is 4.71. The molecule has 0 saturated carbocycles. The molecule has 6 heteroatoms. The second-order valence-corrected chi connectivity index (χ2v) is 6.87. The Hall–Kier alpha value is -3.80. The van der Waals surface area contributed by atoms with Crippen LogP contribution in [0.1, 0.15) is 18.9 Å². The zero-order valence-corrected chi connectivity index (χ0v) is 17.3. The van der Waals surface area contributed by atoms with Gasteiger partial charge in [-0.25, -0.2) is 9.97 Å². The standard InChI is InChI=1S/C24H23N5O/c1-4-11-26-22-13-18(8-7-16(22)2)27-24-20-14-19(30-3)9-10-21(20)28-23(29-24)17-6-5-12-25-15-17/h5-15H,4H2,1-3H3,(H,27,28,29)/b26-11-. The van der Waals surface area contributed by atoms with Crippen molar-refractivity contribution >= 4 is 34.3 Å². The lowest BCUT2D eigenvalue weighted by Gasteiger charge is -2.13. The Bertz CT molecular complexity index is 1210. The molecule has 1 N–H and O–H groups in total. The lowest BCUT2D eigenvalue weighted by molar-refractivity contribution is 0.415. The number of aryl methyl sites for hydroxylation is 1. The van der Waals surface area contributed by atoms with Crippen molar-refractivity contribution in [2.75, 3.05) is 12.4 Å². The topological polar surface area (TPSA) is 72.3 Å². The van der Waals surface area contributed by atoms with E-state index in [9.17, 15) is 0 Å². The highest BCUT2D eigenvalue weighted by molar-refractivity contribution is 5.93. The Morgan fingerprint density at radius 2 is 2.00 bits per heavy atom. The minimum Gasteiger partial charge on any atom is -0.497 e. The first kappa shape index (κ1) is 19.5. The monoisotopic (exact) mass is 397 g/mol. The van der Waals surface area contributed by atoms with Crippen LogP contribution in [0.2, 0.25) is 0 Å². The SMILES string of the molecule is CC/C=N\c1cc(Nc2nc(-c3cccnc3)nc3ccc(OC)cc23)ccc1C. The van der Waals surface area contributed by atoms with E-state index in [0.717, 1.165) is 45.6 Å². The van der Waals surface area contributed by atoms with Crippen LogP contribution in [0.4, 0.5) is 17.2 Å². The van der Waals surface area contributed by atoms with Crippen molar-refractivity contribution in [2.45, 2.75) is 20.3 Å². The second kappa shape index (κ2) is 8.69. The molecule has 2 aromatic heterocycles. The number of ether oxygens (including phenoxy) is 1. The van der Waals surface area contributed by atoms with Crippen LogP contribution in [0, 0.1) is 6.92 Å². The molecular weight excluding hydrogens is 374 g/mol. The van der Waals surface area contributed by atoms with Crippen LogP contribution in [-0.2, 0) is 0 Å². The summed E-state index contributed by atoms with van der Waals surface area (Å²) >= 11 is 0. The van der Waals surface area contributed by atoms with Gasteiger partial charge in [0.15, 0.2) is 5.82 Å². The molecule has 0 spiro atoms. The van der Waals surface area contributed by atoms with Gasteiger partial charge in [0.2, 0.25) is 0 Å². The molecule has 4 rings (SSSR count).